The highest BCUT2D eigenvalue weighted by Gasteiger charge is 2.36. The van der Waals surface area contributed by atoms with E-state index in [-0.39, 0.29) is 6.42 Å². The molecule has 0 bridgehead atoms. The number of hydrogen-bond donors (Lipinski definition) is 2. The number of rotatable bonds is 6. The molecule has 17 heavy (non-hydrogen) atoms. The summed E-state index contributed by atoms with van der Waals surface area (Å²) in [5.41, 5.74) is -0.359. The third kappa shape index (κ3) is 3.30. The molecule has 0 heterocycles. The van der Waals surface area contributed by atoms with Crippen molar-refractivity contribution in [3.05, 3.63) is 34.3 Å². The highest BCUT2D eigenvalue weighted by molar-refractivity contribution is 9.10. The van der Waals surface area contributed by atoms with E-state index in [9.17, 15) is 14.7 Å². The fourth-order valence-corrected chi connectivity index (χ4v) is 1.89. The predicted molar refractivity (Wildman–Crippen MR) is 67.7 cm³/mol. The Labute approximate surface area is 108 Å². The quantitative estimate of drug-likeness (QED) is 0.789. The standard InChI is InChI=1S/C12H14BrNO3/c1-2-12(11(16)17,14-8-15)7-9-3-5-10(13)6-4-9/h3-6,8H,2,7H2,1H3,(H,14,15)(H,16,17). The number of aliphatic carboxylic acids is 1. The van der Waals surface area contributed by atoms with Gasteiger partial charge in [-0.3, -0.25) is 4.79 Å². The van der Waals surface area contributed by atoms with E-state index in [0.717, 1.165) is 10.0 Å². The topological polar surface area (TPSA) is 66.4 Å². The fourth-order valence-electron chi connectivity index (χ4n) is 1.63. The van der Waals surface area contributed by atoms with Crippen molar-refractivity contribution in [3.8, 4) is 0 Å². The summed E-state index contributed by atoms with van der Waals surface area (Å²) in [5.74, 6) is -1.02. The fraction of sp³-hybridized carbons (Fsp3) is 0.333. The molecule has 1 amide bonds. The second-order valence-electron chi connectivity index (χ2n) is 3.81. The second-order valence-corrected chi connectivity index (χ2v) is 4.72. The summed E-state index contributed by atoms with van der Waals surface area (Å²) in [4.78, 5) is 21.8. The zero-order chi connectivity index (χ0) is 12.9. The maximum Gasteiger partial charge on any atom is 0.329 e. The Kier molecular flexibility index (Phi) is 4.69. The molecular weight excluding hydrogens is 286 g/mol. The van der Waals surface area contributed by atoms with Gasteiger partial charge in [0.05, 0.1) is 0 Å². The van der Waals surface area contributed by atoms with Gasteiger partial charge in [0.25, 0.3) is 0 Å². The van der Waals surface area contributed by atoms with E-state index in [0.29, 0.717) is 12.8 Å². The lowest BCUT2D eigenvalue weighted by Crippen LogP contribution is -2.52. The van der Waals surface area contributed by atoms with Crippen molar-refractivity contribution in [1.82, 2.24) is 5.32 Å². The predicted octanol–water partition coefficient (Wildman–Crippen LogP) is 1.97. The Morgan fingerprint density at radius 1 is 1.47 bits per heavy atom. The molecule has 1 unspecified atom stereocenters. The van der Waals surface area contributed by atoms with E-state index in [4.69, 9.17) is 0 Å². The normalized spacial score (nSPS) is 13.8. The minimum atomic E-state index is -1.23. The van der Waals surface area contributed by atoms with Crippen LogP contribution in [0.5, 0.6) is 0 Å². The first-order valence-electron chi connectivity index (χ1n) is 5.23. The minimum absolute atomic E-state index is 0.269. The summed E-state index contributed by atoms with van der Waals surface area (Å²) in [7, 11) is 0. The summed E-state index contributed by atoms with van der Waals surface area (Å²) in [5, 5.41) is 11.7. The summed E-state index contributed by atoms with van der Waals surface area (Å²) < 4.78 is 0.932. The van der Waals surface area contributed by atoms with Gasteiger partial charge in [0, 0.05) is 10.9 Å². The molecule has 5 heteroatoms. The average Bonchev–Trinajstić information content (AvgIpc) is 2.31. The van der Waals surface area contributed by atoms with Gasteiger partial charge in [-0.2, -0.15) is 0 Å². The second kappa shape index (κ2) is 5.82. The Balaban J connectivity index is 2.96. The summed E-state index contributed by atoms with van der Waals surface area (Å²) in [6.07, 6.45) is 1.04. The molecule has 0 aromatic heterocycles. The van der Waals surface area contributed by atoms with Crippen LogP contribution in [0.25, 0.3) is 0 Å². The third-order valence-electron chi connectivity index (χ3n) is 2.77. The van der Waals surface area contributed by atoms with E-state index < -0.39 is 11.5 Å². The van der Waals surface area contributed by atoms with Gasteiger partial charge in [-0.25, -0.2) is 4.79 Å². The molecule has 1 aromatic carbocycles. The van der Waals surface area contributed by atoms with Gasteiger partial charge in [-0.15, -0.1) is 0 Å². The average molecular weight is 300 g/mol. The molecule has 0 saturated heterocycles. The first-order valence-corrected chi connectivity index (χ1v) is 6.02. The Morgan fingerprint density at radius 3 is 2.47 bits per heavy atom. The van der Waals surface area contributed by atoms with Crippen molar-refractivity contribution in [2.24, 2.45) is 0 Å². The van der Waals surface area contributed by atoms with Gasteiger partial charge in [0.2, 0.25) is 6.41 Å². The van der Waals surface area contributed by atoms with Gasteiger partial charge in [-0.05, 0) is 24.1 Å². The number of carboxylic acid groups (broad SMARTS) is 1. The monoisotopic (exact) mass is 299 g/mol. The number of halogens is 1. The number of carboxylic acids is 1. The van der Waals surface area contributed by atoms with Crippen LogP contribution in [0.2, 0.25) is 0 Å². The highest BCUT2D eigenvalue weighted by atomic mass is 79.9. The molecule has 92 valence electrons. The molecule has 0 spiro atoms. The molecule has 0 saturated carbocycles. The van der Waals surface area contributed by atoms with Crippen molar-refractivity contribution < 1.29 is 14.7 Å². The smallest absolute Gasteiger partial charge is 0.329 e. The van der Waals surface area contributed by atoms with Gasteiger partial charge in [0.1, 0.15) is 5.54 Å². The molecule has 4 nitrogen and oxygen atoms in total. The molecule has 0 fully saturated rings. The number of carbonyl (C=O) groups excluding carboxylic acids is 1. The highest BCUT2D eigenvalue weighted by Crippen LogP contribution is 2.19. The van der Waals surface area contributed by atoms with Crippen LogP contribution in [-0.4, -0.2) is 23.0 Å². The zero-order valence-electron chi connectivity index (χ0n) is 9.44. The van der Waals surface area contributed by atoms with E-state index in [1.807, 2.05) is 24.3 Å². The molecule has 0 aliphatic rings. The van der Waals surface area contributed by atoms with Crippen LogP contribution in [0.1, 0.15) is 18.9 Å². The minimum Gasteiger partial charge on any atom is -0.479 e. The first-order chi connectivity index (χ1) is 8.04. The van der Waals surface area contributed by atoms with Crippen LogP contribution in [-0.2, 0) is 16.0 Å². The Hall–Kier alpha value is -1.36. The maximum atomic E-state index is 11.3. The summed E-state index contributed by atoms with van der Waals surface area (Å²) in [6.45, 7) is 1.74. The largest absolute Gasteiger partial charge is 0.479 e. The van der Waals surface area contributed by atoms with Gasteiger partial charge in [-0.1, -0.05) is 35.0 Å². The third-order valence-corrected chi connectivity index (χ3v) is 3.30. The zero-order valence-corrected chi connectivity index (χ0v) is 11.0. The van der Waals surface area contributed by atoms with Crippen LogP contribution in [0.4, 0.5) is 0 Å². The molecule has 1 aromatic rings. The lowest BCUT2D eigenvalue weighted by atomic mass is 9.88. The Bertz CT molecular complexity index is 405. The van der Waals surface area contributed by atoms with E-state index in [1.165, 1.54) is 0 Å². The van der Waals surface area contributed by atoms with Crippen molar-refractivity contribution in [3.63, 3.8) is 0 Å². The number of benzene rings is 1. The lowest BCUT2D eigenvalue weighted by molar-refractivity contribution is -0.146. The van der Waals surface area contributed by atoms with Crippen molar-refractivity contribution in [2.45, 2.75) is 25.3 Å². The van der Waals surface area contributed by atoms with Crippen LogP contribution in [0, 0.1) is 0 Å². The molecule has 2 N–H and O–H groups in total. The van der Waals surface area contributed by atoms with E-state index >= 15 is 0 Å². The first kappa shape index (κ1) is 13.7. The summed E-state index contributed by atoms with van der Waals surface area (Å²) in [6, 6.07) is 7.37. The summed E-state index contributed by atoms with van der Waals surface area (Å²) >= 11 is 3.31. The molecule has 0 radical (unpaired) electrons. The van der Waals surface area contributed by atoms with Crippen LogP contribution < -0.4 is 5.32 Å². The van der Waals surface area contributed by atoms with E-state index in [1.54, 1.807) is 6.92 Å². The van der Waals surface area contributed by atoms with Crippen molar-refractivity contribution >= 4 is 28.3 Å². The van der Waals surface area contributed by atoms with Gasteiger partial charge in [0.15, 0.2) is 0 Å². The molecule has 0 aliphatic heterocycles. The Morgan fingerprint density at radius 2 is 2.06 bits per heavy atom. The molecule has 0 aliphatic carbocycles. The van der Waals surface area contributed by atoms with Crippen molar-refractivity contribution in [2.75, 3.05) is 0 Å². The molecular formula is C12H14BrNO3. The molecule has 1 atom stereocenters. The van der Waals surface area contributed by atoms with Gasteiger partial charge < -0.3 is 10.4 Å². The molecule has 1 rings (SSSR count). The maximum absolute atomic E-state index is 11.3. The van der Waals surface area contributed by atoms with Crippen molar-refractivity contribution in [1.29, 1.82) is 0 Å². The van der Waals surface area contributed by atoms with Crippen LogP contribution in [0.15, 0.2) is 28.7 Å². The number of nitrogens with one attached hydrogen (secondary N) is 1. The number of amides is 1. The van der Waals surface area contributed by atoms with Gasteiger partial charge >= 0.3 is 5.97 Å². The SMILES string of the molecule is CCC(Cc1ccc(Br)cc1)(NC=O)C(=O)O. The van der Waals surface area contributed by atoms with Crippen LogP contribution in [0.3, 0.4) is 0 Å². The van der Waals surface area contributed by atoms with E-state index in [2.05, 4.69) is 21.2 Å². The number of carbonyl (C=O) groups is 2. The number of hydrogen-bond acceptors (Lipinski definition) is 2. The van der Waals surface area contributed by atoms with Crippen LogP contribution >= 0.6 is 15.9 Å². The lowest BCUT2D eigenvalue weighted by Gasteiger charge is -2.27.